The van der Waals surface area contributed by atoms with E-state index in [1.54, 1.807) is 6.20 Å². The fraction of sp³-hybridized carbons (Fsp3) is 0. The fourth-order valence-corrected chi connectivity index (χ4v) is 2.51. The molecule has 4 aromatic rings. The molecule has 0 aliphatic rings. The molecule has 4 rings (SSSR count). The van der Waals surface area contributed by atoms with Crippen LogP contribution in [0.5, 0.6) is 0 Å². The van der Waals surface area contributed by atoms with E-state index in [0.29, 0.717) is 16.8 Å². The van der Waals surface area contributed by atoms with Crippen LogP contribution in [-0.4, -0.2) is 9.97 Å². The molecule has 0 aliphatic carbocycles. The van der Waals surface area contributed by atoms with Gasteiger partial charge >= 0.3 is 0 Å². The van der Waals surface area contributed by atoms with E-state index < -0.39 is 0 Å². The van der Waals surface area contributed by atoms with Gasteiger partial charge in [-0.05, 0) is 36.4 Å². The standard InChI is InChI=1S/C17H12ClN3O/c18-13-6-4-11(5-7-13)15-10-20-17(22-15)21-14-3-1-2-12-8-9-19-16(12)14/h1-10,19H,(H,20,21). The number of aromatic amines is 1. The first-order valence-electron chi connectivity index (χ1n) is 6.84. The van der Waals surface area contributed by atoms with E-state index >= 15 is 0 Å². The van der Waals surface area contributed by atoms with Crippen LogP contribution in [0.1, 0.15) is 0 Å². The van der Waals surface area contributed by atoms with Crippen LogP contribution in [0.4, 0.5) is 11.7 Å². The van der Waals surface area contributed by atoms with Gasteiger partial charge in [0.15, 0.2) is 5.76 Å². The third-order valence-electron chi connectivity index (χ3n) is 3.46. The van der Waals surface area contributed by atoms with Gasteiger partial charge in [0.05, 0.1) is 17.4 Å². The maximum Gasteiger partial charge on any atom is 0.299 e. The van der Waals surface area contributed by atoms with Crippen molar-refractivity contribution < 1.29 is 4.42 Å². The minimum Gasteiger partial charge on any atom is -0.423 e. The van der Waals surface area contributed by atoms with Crippen molar-refractivity contribution in [1.82, 2.24) is 9.97 Å². The van der Waals surface area contributed by atoms with Crippen molar-refractivity contribution in [3.8, 4) is 11.3 Å². The lowest BCUT2D eigenvalue weighted by molar-refractivity contribution is 0.592. The summed E-state index contributed by atoms with van der Waals surface area (Å²) < 4.78 is 5.76. The molecule has 0 aliphatic heterocycles. The lowest BCUT2D eigenvalue weighted by Crippen LogP contribution is -1.90. The molecular formula is C17H12ClN3O. The Morgan fingerprint density at radius 1 is 1.05 bits per heavy atom. The minimum absolute atomic E-state index is 0.451. The fourth-order valence-electron chi connectivity index (χ4n) is 2.38. The van der Waals surface area contributed by atoms with Crippen molar-refractivity contribution in [1.29, 1.82) is 0 Å². The number of para-hydroxylation sites is 1. The van der Waals surface area contributed by atoms with Gasteiger partial charge in [-0.25, -0.2) is 4.98 Å². The van der Waals surface area contributed by atoms with Crippen molar-refractivity contribution in [2.45, 2.75) is 0 Å². The Kier molecular flexibility index (Phi) is 3.09. The molecule has 2 aromatic carbocycles. The Hall–Kier alpha value is -2.72. The Bertz CT molecular complexity index is 924. The smallest absolute Gasteiger partial charge is 0.299 e. The van der Waals surface area contributed by atoms with E-state index in [2.05, 4.69) is 15.3 Å². The number of hydrogen-bond donors (Lipinski definition) is 2. The SMILES string of the molecule is Clc1ccc(-c2cnc(Nc3cccc4cc[nH]c34)o2)cc1. The highest BCUT2D eigenvalue weighted by atomic mass is 35.5. The number of rotatable bonds is 3. The lowest BCUT2D eigenvalue weighted by Gasteiger charge is -2.03. The molecule has 22 heavy (non-hydrogen) atoms. The Labute approximate surface area is 131 Å². The van der Waals surface area contributed by atoms with Crippen LogP contribution in [0.3, 0.4) is 0 Å². The summed E-state index contributed by atoms with van der Waals surface area (Å²) in [7, 11) is 0. The Balaban J connectivity index is 1.64. The van der Waals surface area contributed by atoms with Gasteiger partial charge in [0.25, 0.3) is 6.01 Å². The number of aromatic nitrogens is 2. The summed E-state index contributed by atoms with van der Waals surface area (Å²) in [5.41, 5.74) is 2.88. The van der Waals surface area contributed by atoms with Crippen LogP contribution in [0.15, 0.2) is 65.3 Å². The second-order valence-electron chi connectivity index (χ2n) is 4.91. The molecule has 0 fully saturated rings. The van der Waals surface area contributed by atoms with E-state index in [1.165, 1.54) is 0 Å². The molecule has 0 saturated carbocycles. The predicted octanol–water partition coefficient (Wildman–Crippen LogP) is 5.22. The van der Waals surface area contributed by atoms with Crippen molar-refractivity contribution in [2.24, 2.45) is 0 Å². The third kappa shape index (κ3) is 2.34. The van der Waals surface area contributed by atoms with Crippen LogP contribution in [0, 0.1) is 0 Å². The van der Waals surface area contributed by atoms with Crippen molar-refractivity contribution in [3.63, 3.8) is 0 Å². The van der Waals surface area contributed by atoms with Gasteiger partial charge < -0.3 is 14.7 Å². The second-order valence-corrected chi connectivity index (χ2v) is 5.35. The Morgan fingerprint density at radius 3 is 2.77 bits per heavy atom. The third-order valence-corrected chi connectivity index (χ3v) is 3.72. The summed E-state index contributed by atoms with van der Waals surface area (Å²) in [6, 6.07) is 15.9. The maximum atomic E-state index is 5.89. The van der Waals surface area contributed by atoms with Crippen LogP contribution in [0.25, 0.3) is 22.2 Å². The summed E-state index contributed by atoms with van der Waals surface area (Å²) in [6.45, 7) is 0. The number of anilines is 2. The Morgan fingerprint density at radius 2 is 1.91 bits per heavy atom. The highest BCUT2D eigenvalue weighted by Gasteiger charge is 2.08. The molecule has 2 N–H and O–H groups in total. The summed E-state index contributed by atoms with van der Waals surface area (Å²) in [4.78, 5) is 7.48. The minimum atomic E-state index is 0.451. The van der Waals surface area contributed by atoms with Gasteiger partial charge in [-0.3, -0.25) is 0 Å². The van der Waals surface area contributed by atoms with Crippen molar-refractivity contribution >= 4 is 34.2 Å². The molecule has 0 atom stereocenters. The number of hydrogen-bond acceptors (Lipinski definition) is 3. The first-order chi connectivity index (χ1) is 10.8. The largest absolute Gasteiger partial charge is 0.423 e. The second kappa shape index (κ2) is 5.24. The van der Waals surface area contributed by atoms with Gasteiger partial charge in [-0.1, -0.05) is 23.7 Å². The highest BCUT2D eigenvalue weighted by Crippen LogP contribution is 2.28. The van der Waals surface area contributed by atoms with E-state index in [-0.39, 0.29) is 0 Å². The molecule has 0 saturated heterocycles. The summed E-state index contributed by atoms with van der Waals surface area (Å²) in [6.07, 6.45) is 3.60. The first kappa shape index (κ1) is 13.0. The maximum absolute atomic E-state index is 5.89. The summed E-state index contributed by atoms with van der Waals surface area (Å²) >= 11 is 5.89. The first-order valence-corrected chi connectivity index (χ1v) is 7.22. The molecule has 0 bridgehead atoms. The van der Waals surface area contributed by atoms with Crippen molar-refractivity contribution in [2.75, 3.05) is 5.32 Å². The number of halogens is 1. The summed E-state index contributed by atoms with van der Waals surface area (Å²) in [5, 5.41) is 5.03. The van der Waals surface area contributed by atoms with Gasteiger partial charge in [-0.2, -0.15) is 0 Å². The number of oxazole rings is 1. The molecule has 0 radical (unpaired) electrons. The average molecular weight is 310 g/mol. The van der Waals surface area contributed by atoms with E-state index in [4.69, 9.17) is 16.0 Å². The van der Waals surface area contributed by atoms with E-state index in [0.717, 1.165) is 22.2 Å². The summed E-state index contributed by atoms with van der Waals surface area (Å²) in [5.74, 6) is 0.692. The van der Waals surface area contributed by atoms with Crippen LogP contribution < -0.4 is 5.32 Å². The topological polar surface area (TPSA) is 53.9 Å². The molecule has 5 heteroatoms. The number of H-pyrrole nitrogens is 1. The van der Waals surface area contributed by atoms with Gasteiger partial charge in [0.2, 0.25) is 0 Å². The number of nitrogens with zero attached hydrogens (tertiary/aromatic N) is 1. The number of nitrogens with one attached hydrogen (secondary N) is 2. The quantitative estimate of drug-likeness (QED) is 0.545. The average Bonchev–Trinajstić information content (AvgIpc) is 3.17. The van der Waals surface area contributed by atoms with Crippen molar-refractivity contribution in [3.05, 3.63) is 65.9 Å². The zero-order valence-electron chi connectivity index (χ0n) is 11.5. The highest BCUT2D eigenvalue weighted by molar-refractivity contribution is 6.30. The van der Waals surface area contributed by atoms with E-state index in [9.17, 15) is 0 Å². The number of benzene rings is 2. The van der Waals surface area contributed by atoms with Gasteiger partial charge in [-0.15, -0.1) is 0 Å². The zero-order chi connectivity index (χ0) is 14.9. The molecule has 0 unspecified atom stereocenters. The molecule has 2 heterocycles. The monoisotopic (exact) mass is 309 g/mol. The molecule has 4 nitrogen and oxygen atoms in total. The lowest BCUT2D eigenvalue weighted by atomic mass is 10.2. The zero-order valence-corrected chi connectivity index (χ0v) is 12.3. The molecular weight excluding hydrogens is 298 g/mol. The van der Waals surface area contributed by atoms with Gasteiger partial charge in [0, 0.05) is 22.2 Å². The predicted molar refractivity (Wildman–Crippen MR) is 88.5 cm³/mol. The van der Waals surface area contributed by atoms with E-state index in [1.807, 2.05) is 54.7 Å². The van der Waals surface area contributed by atoms with Crippen LogP contribution in [-0.2, 0) is 0 Å². The van der Waals surface area contributed by atoms with Gasteiger partial charge in [0.1, 0.15) is 0 Å². The molecule has 0 spiro atoms. The molecule has 108 valence electrons. The van der Waals surface area contributed by atoms with Crippen LogP contribution >= 0.6 is 11.6 Å². The molecule has 0 amide bonds. The number of fused-ring (bicyclic) bond motifs is 1. The van der Waals surface area contributed by atoms with Crippen LogP contribution in [0.2, 0.25) is 5.02 Å². The molecule has 2 aromatic heterocycles. The normalized spacial score (nSPS) is 11.0.